The van der Waals surface area contributed by atoms with E-state index in [4.69, 9.17) is 9.47 Å². The van der Waals surface area contributed by atoms with Crippen LogP contribution in [0.5, 0.6) is 5.75 Å². The Morgan fingerprint density at radius 2 is 1.70 bits per heavy atom. The van der Waals surface area contributed by atoms with Crippen molar-refractivity contribution < 1.29 is 31.8 Å². The Balaban J connectivity index is 1.19. The molecule has 3 aromatic rings. The van der Waals surface area contributed by atoms with Crippen LogP contribution in [0.3, 0.4) is 0 Å². The number of rotatable bonds is 7. The number of carbonyl (C=O) groups excluding carboxylic acids is 1. The Hall–Kier alpha value is -3.39. The molecule has 5 rings (SSSR count). The molecule has 0 bridgehead atoms. The number of hydrogen-bond donors (Lipinski definition) is 1. The van der Waals surface area contributed by atoms with Crippen LogP contribution >= 0.6 is 0 Å². The second-order valence-electron chi connectivity index (χ2n) is 10.8. The molecule has 1 N–H and O–H groups in total. The third-order valence-corrected chi connectivity index (χ3v) is 7.98. The highest BCUT2D eigenvalue weighted by Gasteiger charge is 2.32. The number of hydrogen-bond acceptors (Lipinski definition) is 3. The highest BCUT2D eigenvalue weighted by atomic mass is 19.4. The van der Waals surface area contributed by atoms with Crippen molar-refractivity contribution in [1.29, 1.82) is 0 Å². The van der Waals surface area contributed by atoms with Crippen LogP contribution in [0.25, 0.3) is 11.1 Å². The first-order valence-corrected chi connectivity index (χ1v) is 13.8. The molecule has 1 amide bonds. The maximum atomic E-state index is 14.3. The van der Waals surface area contributed by atoms with Gasteiger partial charge in [0, 0.05) is 19.1 Å². The van der Waals surface area contributed by atoms with Gasteiger partial charge in [-0.3, -0.25) is 4.79 Å². The van der Waals surface area contributed by atoms with Crippen molar-refractivity contribution in [2.75, 3.05) is 25.1 Å². The van der Waals surface area contributed by atoms with Gasteiger partial charge >= 0.3 is 6.18 Å². The van der Waals surface area contributed by atoms with Gasteiger partial charge in [0.25, 0.3) is 0 Å². The summed E-state index contributed by atoms with van der Waals surface area (Å²) in [5.41, 5.74) is 1.95. The second-order valence-corrected chi connectivity index (χ2v) is 10.8. The topological polar surface area (TPSA) is 47.6 Å². The van der Waals surface area contributed by atoms with E-state index in [9.17, 15) is 22.4 Å². The molecule has 212 valence electrons. The number of alkyl halides is 3. The zero-order chi connectivity index (χ0) is 28.1. The quantitative estimate of drug-likeness (QED) is 0.299. The van der Waals surface area contributed by atoms with Crippen molar-refractivity contribution in [1.82, 2.24) is 0 Å². The summed E-state index contributed by atoms with van der Waals surface area (Å²) in [5.74, 6) is -0.262. The van der Waals surface area contributed by atoms with Crippen molar-refractivity contribution >= 4 is 11.6 Å². The maximum Gasteiger partial charge on any atom is 0.416 e. The fraction of sp³-hybridized carbons (Fsp3) is 0.406. The molecule has 4 nitrogen and oxygen atoms in total. The SMILES string of the molecule is O=C(Nc1ccc(C(F)(F)F)cc1F)C1CCCC(c2ccc(-c3cccc(OCC4CCOCC4)c3)cc2)C1. The van der Waals surface area contributed by atoms with Gasteiger partial charge in [0.1, 0.15) is 11.6 Å². The van der Waals surface area contributed by atoms with Crippen molar-refractivity contribution in [2.45, 2.75) is 50.6 Å². The van der Waals surface area contributed by atoms with E-state index in [2.05, 4.69) is 41.7 Å². The molecule has 2 fully saturated rings. The third kappa shape index (κ3) is 7.02. The van der Waals surface area contributed by atoms with Gasteiger partial charge in [-0.15, -0.1) is 0 Å². The molecule has 0 aromatic heterocycles. The number of benzene rings is 3. The molecule has 8 heteroatoms. The minimum atomic E-state index is -4.64. The van der Waals surface area contributed by atoms with Gasteiger partial charge < -0.3 is 14.8 Å². The average Bonchev–Trinajstić information content (AvgIpc) is 2.97. The number of carbonyl (C=O) groups is 1. The van der Waals surface area contributed by atoms with Crippen LogP contribution in [-0.2, 0) is 15.7 Å². The molecular formula is C32H33F4NO3. The van der Waals surface area contributed by atoms with E-state index >= 15 is 0 Å². The molecule has 2 unspecified atom stereocenters. The van der Waals surface area contributed by atoms with E-state index in [1.54, 1.807) is 0 Å². The average molecular weight is 556 g/mol. The van der Waals surface area contributed by atoms with Crippen LogP contribution in [0, 0.1) is 17.7 Å². The summed E-state index contributed by atoms with van der Waals surface area (Å²) in [5, 5.41) is 2.50. The van der Waals surface area contributed by atoms with E-state index < -0.39 is 17.6 Å². The number of nitrogens with one attached hydrogen (secondary N) is 1. The largest absolute Gasteiger partial charge is 0.493 e. The smallest absolute Gasteiger partial charge is 0.416 e. The maximum absolute atomic E-state index is 14.3. The summed E-state index contributed by atoms with van der Waals surface area (Å²) < 4.78 is 64.2. The molecule has 1 saturated heterocycles. The number of halogens is 4. The molecule has 40 heavy (non-hydrogen) atoms. The summed E-state index contributed by atoms with van der Waals surface area (Å²) in [6, 6.07) is 18.6. The molecule has 2 atom stereocenters. The van der Waals surface area contributed by atoms with Gasteiger partial charge in [-0.1, -0.05) is 42.8 Å². The second kappa shape index (κ2) is 12.4. The molecule has 1 heterocycles. The van der Waals surface area contributed by atoms with Crippen LogP contribution in [0.4, 0.5) is 23.2 Å². The molecule has 0 spiro atoms. The minimum absolute atomic E-state index is 0.171. The van der Waals surface area contributed by atoms with E-state index in [1.165, 1.54) is 0 Å². The van der Waals surface area contributed by atoms with E-state index in [0.717, 1.165) is 73.5 Å². The molecule has 3 aromatic carbocycles. The Morgan fingerprint density at radius 3 is 2.42 bits per heavy atom. The number of amides is 1. The normalized spacial score (nSPS) is 20.2. The molecule has 1 saturated carbocycles. The summed E-state index contributed by atoms with van der Waals surface area (Å²) in [7, 11) is 0. The van der Waals surface area contributed by atoms with Crippen molar-refractivity contribution in [3.8, 4) is 16.9 Å². The first-order chi connectivity index (χ1) is 19.3. The van der Waals surface area contributed by atoms with Crippen LogP contribution < -0.4 is 10.1 Å². The van der Waals surface area contributed by atoms with E-state index in [0.29, 0.717) is 31.4 Å². The third-order valence-electron chi connectivity index (χ3n) is 7.98. The Bertz CT molecular complexity index is 1300. The molecule has 1 aliphatic carbocycles. The summed E-state index contributed by atoms with van der Waals surface area (Å²) in [6.45, 7) is 2.28. The lowest BCUT2D eigenvalue weighted by Gasteiger charge is -2.29. The van der Waals surface area contributed by atoms with Crippen molar-refractivity contribution in [3.63, 3.8) is 0 Å². The predicted molar refractivity (Wildman–Crippen MR) is 146 cm³/mol. The Labute approximate surface area is 231 Å². The van der Waals surface area contributed by atoms with Gasteiger partial charge in [0.2, 0.25) is 5.91 Å². The lowest BCUT2D eigenvalue weighted by molar-refractivity contribution is -0.137. The van der Waals surface area contributed by atoms with Gasteiger partial charge in [0.05, 0.1) is 17.9 Å². The predicted octanol–water partition coefficient (Wildman–Crippen LogP) is 8.23. The van der Waals surface area contributed by atoms with E-state index in [1.807, 2.05) is 12.1 Å². The fourth-order valence-electron chi connectivity index (χ4n) is 5.60. The lowest BCUT2D eigenvalue weighted by atomic mass is 9.77. The van der Waals surface area contributed by atoms with Crippen LogP contribution in [0.1, 0.15) is 55.6 Å². The number of ether oxygens (including phenoxy) is 2. The van der Waals surface area contributed by atoms with E-state index in [-0.39, 0.29) is 23.4 Å². The molecule has 2 aliphatic rings. The first-order valence-electron chi connectivity index (χ1n) is 13.8. The van der Waals surface area contributed by atoms with Crippen LogP contribution in [0.2, 0.25) is 0 Å². The summed E-state index contributed by atoms with van der Waals surface area (Å²) in [4.78, 5) is 12.9. The summed E-state index contributed by atoms with van der Waals surface area (Å²) in [6.07, 6.45) is 0.441. The van der Waals surface area contributed by atoms with Gasteiger partial charge in [-0.25, -0.2) is 4.39 Å². The summed E-state index contributed by atoms with van der Waals surface area (Å²) >= 11 is 0. The fourth-order valence-corrected chi connectivity index (χ4v) is 5.60. The number of anilines is 1. The zero-order valence-corrected chi connectivity index (χ0v) is 22.2. The van der Waals surface area contributed by atoms with Gasteiger partial charge in [-0.05, 0) is 91.0 Å². The van der Waals surface area contributed by atoms with Gasteiger partial charge in [0.15, 0.2) is 0 Å². The minimum Gasteiger partial charge on any atom is -0.493 e. The molecular weight excluding hydrogens is 522 g/mol. The Morgan fingerprint density at radius 1 is 0.925 bits per heavy atom. The van der Waals surface area contributed by atoms with Crippen LogP contribution in [0.15, 0.2) is 66.7 Å². The van der Waals surface area contributed by atoms with Gasteiger partial charge in [-0.2, -0.15) is 13.2 Å². The lowest BCUT2D eigenvalue weighted by Crippen LogP contribution is -2.28. The standard InChI is InChI=1S/C32H33F4NO3/c33-29-19-27(32(34,35)36)11-12-30(29)37-31(38)26-5-1-3-24(17-26)22-7-9-23(10-8-22)25-4-2-6-28(18-25)40-20-21-13-15-39-16-14-21/h2,4,6-12,18-19,21,24,26H,1,3,5,13-17,20H2,(H,37,38). The highest BCUT2D eigenvalue weighted by Crippen LogP contribution is 2.38. The van der Waals surface area contributed by atoms with Crippen molar-refractivity contribution in [2.24, 2.45) is 11.8 Å². The molecule has 1 aliphatic heterocycles. The first kappa shape index (κ1) is 28.1. The zero-order valence-electron chi connectivity index (χ0n) is 22.2. The van der Waals surface area contributed by atoms with Crippen molar-refractivity contribution in [3.05, 3.63) is 83.7 Å². The van der Waals surface area contributed by atoms with Crippen LogP contribution in [-0.4, -0.2) is 25.7 Å². The monoisotopic (exact) mass is 555 g/mol. The molecule has 0 radical (unpaired) electrons. The highest BCUT2D eigenvalue weighted by molar-refractivity contribution is 5.92. The Kier molecular flexibility index (Phi) is 8.74.